The number of carbonyl (C=O) groups is 1. The minimum Gasteiger partial charge on any atom is -0.489 e. The van der Waals surface area contributed by atoms with Crippen LogP contribution in [-0.2, 0) is 0 Å². The maximum absolute atomic E-state index is 12.0. The fourth-order valence-corrected chi connectivity index (χ4v) is 1.95. The van der Waals surface area contributed by atoms with Gasteiger partial charge in [-0.3, -0.25) is 9.59 Å². The van der Waals surface area contributed by atoms with Crippen LogP contribution in [0.5, 0.6) is 5.75 Å². The van der Waals surface area contributed by atoms with E-state index in [-0.39, 0.29) is 27.8 Å². The Balaban J connectivity index is 2.53. The van der Waals surface area contributed by atoms with E-state index in [0.717, 1.165) is 12.5 Å². The van der Waals surface area contributed by atoms with Crippen molar-refractivity contribution in [2.75, 3.05) is 6.61 Å². The average Bonchev–Trinajstić information content (AvgIpc) is 2.59. The van der Waals surface area contributed by atoms with Gasteiger partial charge in [-0.2, -0.15) is 0 Å². The molecule has 2 N–H and O–H groups in total. The quantitative estimate of drug-likeness (QED) is 0.880. The molecule has 0 bridgehead atoms. The Hall–Kier alpha value is -2.63. The number of fused-ring (bicyclic) bond motifs is 1. The Kier molecular flexibility index (Phi) is 4.60. The molecule has 0 fully saturated rings. The molecule has 0 amide bonds. The molecule has 2 rings (SSSR count). The molecule has 0 unspecified atom stereocenters. The zero-order valence-corrected chi connectivity index (χ0v) is 12.4. The molecule has 0 saturated heterocycles. The summed E-state index contributed by atoms with van der Waals surface area (Å²) in [6, 6.07) is 5.00. The summed E-state index contributed by atoms with van der Waals surface area (Å²) in [6.45, 7) is 4.46. The van der Waals surface area contributed by atoms with Crippen LogP contribution in [0.2, 0.25) is 0 Å². The maximum Gasteiger partial charge on any atom is 0.352 e. The van der Waals surface area contributed by atoms with Crippen LogP contribution in [0.25, 0.3) is 10.9 Å². The van der Waals surface area contributed by atoms with Crippen molar-refractivity contribution in [3.63, 3.8) is 0 Å². The predicted octanol–water partition coefficient (Wildman–Crippen LogP) is 2.01. The van der Waals surface area contributed by atoms with Crippen molar-refractivity contribution < 1.29 is 14.6 Å². The highest BCUT2D eigenvalue weighted by Gasteiger charge is 2.09. The van der Waals surface area contributed by atoms with Crippen LogP contribution in [0.4, 0.5) is 0 Å². The van der Waals surface area contributed by atoms with Gasteiger partial charge in [-0.1, -0.05) is 13.8 Å². The number of hydrogen-bond donors (Lipinski definition) is 2. The average molecular weight is 303 g/mol. The van der Waals surface area contributed by atoms with Gasteiger partial charge in [0.1, 0.15) is 5.69 Å². The normalized spacial score (nSPS) is 10.9. The van der Waals surface area contributed by atoms with Crippen LogP contribution >= 0.6 is 0 Å². The standard InChI is InChI=1S/C16H17NO5/c1-9(2)5-6-22-15-7-10-11(3-4-13(15)18)17-12(16(20)21)8-14(10)19/h3-4,7-9H,5-6H2,1-2H3,(H,17,19)(H,20,21). The second-order valence-electron chi connectivity index (χ2n) is 5.42. The summed E-state index contributed by atoms with van der Waals surface area (Å²) >= 11 is 0. The van der Waals surface area contributed by atoms with E-state index in [2.05, 4.69) is 4.98 Å². The van der Waals surface area contributed by atoms with Crippen LogP contribution in [0.15, 0.2) is 33.9 Å². The van der Waals surface area contributed by atoms with Crippen molar-refractivity contribution in [1.29, 1.82) is 0 Å². The molecule has 0 saturated carbocycles. The number of aromatic amines is 1. The maximum atomic E-state index is 12.0. The Morgan fingerprint density at radius 1 is 1.23 bits per heavy atom. The van der Waals surface area contributed by atoms with E-state index in [1.54, 1.807) is 0 Å². The number of ether oxygens (including phenoxy) is 1. The van der Waals surface area contributed by atoms with E-state index in [4.69, 9.17) is 9.84 Å². The smallest absolute Gasteiger partial charge is 0.352 e. The summed E-state index contributed by atoms with van der Waals surface area (Å²) in [5, 5.41) is 9.17. The first kappa shape index (κ1) is 15.8. The third-order valence-corrected chi connectivity index (χ3v) is 3.20. The Morgan fingerprint density at radius 2 is 1.95 bits per heavy atom. The van der Waals surface area contributed by atoms with Crippen molar-refractivity contribution in [3.05, 3.63) is 50.4 Å². The number of aromatic nitrogens is 1. The fourth-order valence-electron chi connectivity index (χ4n) is 1.95. The molecule has 1 heterocycles. The molecule has 1 aromatic carbocycles. The summed E-state index contributed by atoms with van der Waals surface area (Å²) in [5.41, 5.74) is -0.778. The lowest BCUT2D eigenvalue weighted by molar-refractivity contribution is 0.0691. The van der Waals surface area contributed by atoms with Crippen molar-refractivity contribution in [2.45, 2.75) is 20.3 Å². The summed E-state index contributed by atoms with van der Waals surface area (Å²) in [7, 11) is 0. The lowest BCUT2D eigenvalue weighted by Gasteiger charge is -2.06. The third-order valence-electron chi connectivity index (χ3n) is 3.20. The van der Waals surface area contributed by atoms with Crippen LogP contribution in [-0.4, -0.2) is 22.7 Å². The number of aromatic carboxylic acids is 1. The van der Waals surface area contributed by atoms with Crippen LogP contribution in [0.3, 0.4) is 0 Å². The van der Waals surface area contributed by atoms with Crippen LogP contribution < -0.4 is 15.6 Å². The highest BCUT2D eigenvalue weighted by molar-refractivity contribution is 5.89. The van der Waals surface area contributed by atoms with Gasteiger partial charge in [0.15, 0.2) is 11.2 Å². The molecule has 116 valence electrons. The lowest BCUT2D eigenvalue weighted by Crippen LogP contribution is -2.09. The van der Waals surface area contributed by atoms with Crippen LogP contribution in [0, 0.1) is 5.92 Å². The Morgan fingerprint density at radius 3 is 2.59 bits per heavy atom. The molecule has 6 nitrogen and oxygen atoms in total. The van der Waals surface area contributed by atoms with Gasteiger partial charge in [-0.25, -0.2) is 4.79 Å². The predicted molar refractivity (Wildman–Crippen MR) is 82.7 cm³/mol. The van der Waals surface area contributed by atoms with Crippen molar-refractivity contribution in [1.82, 2.24) is 4.98 Å². The number of rotatable bonds is 5. The number of pyridine rings is 1. The second-order valence-corrected chi connectivity index (χ2v) is 5.42. The third kappa shape index (κ3) is 3.52. The highest BCUT2D eigenvalue weighted by atomic mass is 16.5. The number of carboxylic acid groups (broad SMARTS) is 1. The first-order chi connectivity index (χ1) is 10.4. The highest BCUT2D eigenvalue weighted by Crippen LogP contribution is 2.12. The molecular formula is C16H17NO5. The summed E-state index contributed by atoms with van der Waals surface area (Å²) in [6.07, 6.45) is 0.787. The van der Waals surface area contributed by atoms with Crippen molar-refractivity contribution >= 4 is 16.9 Å². The van der Waals surface area contributed by atoms with Crippen molar-refractivity contribution in [3.8, 4) is 5.75 Å². The number of H-pyrrole nitrogens is 1. The van der Waals surface area contributed by atoms with Gasteiger partial charge in [-0.15, -0.1) is 0 Å². The van der Waals surface area contributed by atoms with Gasteiger partial charge >= 0.3 is 5.97 Å². The molecule has 2 aromatic rings. The van der Waals surface area contributed by atoms with Gasteiger partial charge in [0.25, 0.3) is 0 Å². The summed E-state index contributed by atoms with van der Waals surface area (Å²) in [5.74, 6) is -0.712. The molecule has 22 heavy (non-hydrogen) atoms. The molecular weight excluding hydrogens is 286 g/mol. The zero-order valence-electron chi connectivity index (χ0n) is 12.4. The van der Waals surface area contributed by atoms with Gasteiger partial charge < -0.3 is 14.8 Å². The SMILES string of the molecule is CC(C)CCOc1cc2c(=O)cc(C(=O)O)[nH]c2ccc1=O. The van der Waals surface area contributed by atoms with Crippen LogP contribution in [0.1, 0.15) is 30.8 Å². The molecule has 1 aromatic heterocycles. The monoisotopic (exact) mass is 303 g/mol. The molecule has 0 aliphatic carbocycles. The Bertz CT molecular complexity index is 823. The zero-order chi connectivity index (χ0) is 16.3. The second kappa shape index (κ2) is 6.43. The summed E-state index contributed by atoms with van der Waals surface area (Å²) < 4.78 is 5.47. The number of nitrogens with one attached hydrogen (secondary N) is 1. The molecule has 6 heteroatoms. The largest absolute Gasteiger partial charge is 0.489 e. The van der Waals surface area contributed by atoms with E-state index in [1.165, 1.54) is 18.2 Å². The fraction of sp³-hybridized carbons (Fsp3) is 0.312. The van der Waals surface area contributed by atoms with Crippen molar-refractivity contribution in [2.24, 2.45) is 5.92 Å². The number of hydrogen-bond acceptors (Lipinski definition) is 4. The molecule has 0 atom stereocenters. The first-order valence-electron chi connectivity index (χ1n) is 6.96. The topological polar surface area (TPSA) is 96.5 Å². The van der Waals surface area contributed by atoms with Gasteiger partial charge in [0.2, 0.25) is 5.43 Å². The van der Waals surface area contributed by atoms with Gasteiger partial charge in [-0.05, 0) is 30.5 Å². The van der Waals surface area contributed by atoms with Gasteiger partial charge in [0, 0.05) is 11.5 Å². The molecule has 0 spiro atoms. The molecule has 0 aliphatic rings. The lowest BCUT2D eigenvalue weighted by atomic mass is 10.1. The van der Waals surface area contributed by atoms with E-state index in [9.17, 15) is 14.4 Å². The van der Waals surface area contributed by atoms with E-state index >= 15 is 0 Å². The molecule has 0 radical (unpaired) electrons. The molecule has 0 aliphatic heterocycles. The van der Waals surface area contributed by atoms with E-state index in [1.807, 2.05) is 13.8 Å². The minimum absolute atomic E-state index is 0.0872. The minimum atomic E-state index is -1.23. The van der Waals surface area contributed by atoms with E-state index < -0.39 is 11.4 Å². The summed E-state index contributed by atoms with van der Waals surface area (Å²) in [4.78, 5) is 37.6. The Labute approximate surface area is 126 Å². The van der Waals surface area contributed by atoms with E-state index in [0.29, 0.717) is 12.5 Å². The first-order valence-corrected chi connectivity index (χ1v) is 6.96. The number of carboxylic acids is 1. The van der Waals surface area contributed by atoms with Gasteiger partial charge in [0.05, 0.1) is 12.1 Å².